The van der Waals surface area contributed by atoms with Gasteiger partial charge in [-0.1, -0.05) is 25.1 Å². The second kappa shape index (κ2) is 10.7. The molecule has 9 heteroatoms. The number of benzene rings is 2. The summed E-state index contributed by atoms with van der Waals surface area (Å²) >= 11 is 5.25. The summed E-state index contributed by atoms with van der Waals surface area (Å²) in [7, 11) is 1.32. The van der Waals surface area contributed by atoms with Gasteiger partial charge in [0.05, 0.1) is 24.0 Å². The normalized spacial score (nSPS) is 13.3. The van der Waals surface area contributed by atoms with Gasteiger partial charge in [0, 0.05) is 38.2 Å². The molecule has 32 heavy (non-hydrogen) atoms. The lowest BCUT2D eigenvalue weighted by molar-refractivity contribution is -0.119. The first-order chi connectivity index (χ1) is 15.4. The number of amides is 2. The molecular formula is C23H26N4O4S. The molecule has 2 aromatic carbocycles. The third kappa shape index (κ3) is 5.61. The van der Waals surface area contributed by atoms with Crippen molar-refractivity contribution in [1.82, 2.24) is 10.2 Å². The highest BCUT2D eigenvalue weighted by Crippen LogP contribution is 2.29. The zero-order valence-electron chi connectivity index (χ0n) is 18.1. The molecule has 3 rings (SSSR count). The summed E-state index contributed by atoms with van der Waals surface area (Å²) in [5, 5.41) is 5.78. The maximum absolute atomic E-state index is 12.7. The second-order valence-electron chi connectivity index (χ2n) is 7.22. The lowest BCUT2D eigenvalue weighted by Crippen LogP contribution is -2.49. The lowest BCUT2D eigenvalue weighted by atomic mass is 10.1. The Bertz CT molecular complexity index is 1000. The van der Waals surface area contributed by atoms with E-state index in [1.165, 1.54) is 7.11 Å². The van der Waals surface area contributed by atoms with Gasteiger partial charge in [0.15, 0.2) is 5.11 Å². The van der Waals surface area contributed by atoms with Gasteiger partial charge in [-0.25, -0.2) is 4.79 Å². The van der Waals surface area contributed by atoms with Gasteiger partial charge in [0.2, 0.25) is 5.91 Å². The van der Waals surface area contributed by atoms with Gasteiger partial charge in [0.1, 0.15) is 0 Å². The highest BCUT2D eigenvalue weighted by atomic mass is 32.1. The van der Waals surface area contributed by atoms with Crippen LogP contribution in [0.3, 0.4) is 0 Å². The molecule has 1 saturated heterocycles. The summed E-state index contributed by atoms with van der Waals surface area (Å²) in [5.74, 6) is -0.671. The molecule has 0 radical (unpaired) electrons. The van der Waals surface area contributed by atoms with Crippen molar-refractivity contribution in [3.63, 3.8) is 0 Å². The zero-order chi connectivity index (χ0) is 23.1. The molecule has 0 saturated carbocycles. The molecule has 0 aromatic heterocycles. The summed E-state index contributed by atoms with van der Waals surface area (Å²) in [6.45, 7) is 4.07. The van der Waals surface area contributed by atoms with Gasteiger partial charge < -0.3 is 25.2 Å². The van der Waals surface area contributed by atoms with E-state index >= 15 is 0 Å². The van der Waals surface area contributed by atoms with E-state index in [0.717, 1.165) is 5.69 Å². The maximum Gasteiger partial charge on any atom is 0.337 e. The largest absolute Gasteiger partial charge is 0.465 e. The number of hydrogen-bond acceptors (Lipinski definition) is 6. The van der Waals surface area contributed by atoms with E-state index in [9.17, 15) is 14.4 Å². The molecule has 0 bridgehead atoms. The first-order valence-corrected chi connectivity index (χ1v) is 10.8. The summed E-state index contributed by atoms with van der Waals surface area (Å²) < 4.78 is 4.82. The topological polar surface area (TPSA) is 91.0 Å². The van der Waals surface area contributed by atoms with Crippen LogP contribution in [0.25, 0.3) is 0 Å². The fourth-order valence-corrected chi connectivity index (χ4v) is 3.66. The number of piperazine rings is 1. The number of methoxy groups -OCH3 is 1. The van der Waals surface area contributed by atoms with Crippen molar-refractivity contribution in [2.24, 2.45) is 0 Å². The number of hydrogen-bond donors (Lipinski definition) is 2. The first kappa shape index (κ1) is 23.2. The van der Waals surface area contributed by atoms with Gasteiger partial charge in [-0.05, 0) is 42.5 Å². The molecule has 1 aliphatic rings. The molecule has 1 fully saturated rings. The zero-order valence-corrected chi connectivity index (χ0v) is 18.9. The number of carbonyl (C=O) groups excluding carboxylic acids is 3. The van der Waals surface area contributed by atoms with Crippen LogP contribution in [0.1, 0.15) is 34.1 Å². The molecule has 1 aliphatic heterocycles. The Morgan fingerprint density at radius 1 is 1.00 bits per heavy atom. The number of esters is 1. The number of anilines is 2. The number of nitrogens with zero attached hydrogens (tertiary/aromatic N) is 2. The highest BCUT2D eigenvalue weighted by Gasteiger charge is 2.24. The van der Waals surface area contributed by atoms with Crippen LogP contribution >= 0.6 is 12.2 Å². The second-order valence-corrected chi connectivity index (χ2v) is 7.63. The SMILES string of the molecule is CCC(=O)NC(=S)Nc1cc(C(=O)OC)ccc1N1CCN(C(=O)c2ccccc2)CC1. The fourth-order valence-electron chi connectivity index (χ4n) is 3.44. The fraction of sp³-hybridized carbons (Fsp3) is 0.304. The average Bonchev–Trinajstić information content (AvgIpc) is 2.83. The molecule has 0 unspecified atom stereocenters. The van der Waals surface area contributed by atoms with Crippen LogP contribution in [-0.2, 0) is 9.53 Å². The Labute approximate surface area is 192 Å². The van der Waals surface area contributed by atoms with Crippen molar-refractivity contribution in [3.05, 3.63) is 59.7 Å². The minimum absolute atomic E-state index is 0.00749. The van der Waals surface area contributed by atoms with Crippen LogP contribution in [0, 0.1) is 0 Å². The van der Waals surface area contributed by atoms with Crippen molar-refractivity contribution < 1.29 is 19.1 Å². The van der Waals surface area contributed by atoms with Crippen LogP contribution in [0.15, 0.2) is 48.5 Å². The van der Waals surface area contributed by atoms with Crippen LogP contribution < -0.4 is 15.5 Å². The monoisotopic (exact) mass is 454 g/mol. The highest BCUT2D eigenvalue weighted by molar-refractivity contribution is 7.80. The van der Waals surface area contributed by atoms with Gasteiger partial charge in [-0.15, -0.1) is 0 Å². The Balaban J connectivity index is 1.76. The molecule has 2 amide bonds. The Morgan fingerprint density at radius 3 is 2.31 bits per heavy atom. The summed E-state index contributed by atoms with van der Waals surface area (Å²) in [6.07, 6.45) is 0.300. The van der Waals surface area contributed by atoms with Crippen LogP contribution in [-0.4, -0.2) is 61.1 Å². The third-order valence-corrected chi connectivity index (χ3v) is 5.37. The van der Waals surface area contributed by atoms with Gasteiger partial charge in [0.25, 0.3) is 5.91 Å². The molecule has 8 nitrogen and oxygen atoms in total. The van der Waals surface area contributed by atoms with Crippen molar-refractivity contribution in [1.29, 1.82) is 0 Å². The number of nitrogens with one attached hydrogen (secondary N) is 2. The van der Waals surface area contributed by atoms with Crippen LogP contribution in [0.4, 0.5) is 11.4 Å². The molecule has 0 aliphatic carbocycles. The molecule has 2 N–H and O–H groups in total. The van der Waals surface area contributed by atoms with Crippen LogP contribution in [0.5, 0.6) is 0 Å². The van der Waals surface area contributed by atoms with E-state index in [1.807, 2.05) is 41.3 Å². The standard InChI is InChI=1S/C23H26N4O4S/c1-3-20(28)25-23(32)24-18-15-17(22(30)31-2)9-10-19(18)26-11-13-27(14-12-26)21(29)16-7-5-4-6-8-16/h4-10,15H,3,11-14H2,1-2H3,(H2,24,25,28,32). The minimum atomic E-state index is -0.471. The molecular weight excluding hydrogens is 428 g/mol. The van der Waals surface area contributed by atoms with E-state index in [0.29, 0.717) is 49.4 Å². The Hall–Kier alpha value is -3.46. The number of carbonyl (C=O) groups is 3. The quantitative estimate of drug-likeness (QED) is 0.530. The number of ether oxygens (including phenoxy) is 1. The predicted octanol–water partition coefficient (Wildman–Crippen LogP) is 2.66. The smallest absolute Gasteiger partial charge is 0.337 e. The summed E-state index contributed by atoms with van der Waals surface area (Å²) in [6, 6.07) is 14.4. The van der Waals surface area contributed by atoms with E-state index in [1.54, 1.807) is 19.1 Å². The molecule has 2 aromatic rings. The van der Waals surface area contributed by atoms with Crippen molar-refractivity contribution in [2.45, 2.75) is 13.3 Å². The molecule has 1 heterocycles. The van der Waals surface area contributed by atoms with E-state index in [-0.39, 0.29) is 16.9 Å². The predicted molar refractivity (Wildman–Crippen MR) is 127 cm³/mol. The van der Waals surface area contributed by atoms with E-state index in [4.69, 9.17) is 17.0 Å². The van der Waals surface area contributed by atoms with Gasteiger partial charge in [-0.3, -0.25) is 9.59 Å². The van der Waals surface area contributed by atoms with Gasteiger partial charge in [-0.2, -0.15) is 0 Å². The molecule has 0 atom stereocenters. The number of thiocarbonyl (C=S) groups is 1. The van der Waals surface area contributed by atoms with E-state index < -0.39 is 5.97 Å². The number of rotatable bonds is 5. The van der Waals surface area contributed by atoms with Gasteiger partial charge >= 0.3 is 5.97 Å². The maximum atomic E-state index is 12.7. The summed E-state index contributed by atoms with van der Waals surface area (Å²) in [4.78, 5) is 40.3. The third-order valence-electron chi connectivity index (χ3n) is 5.17. The minimum Gasteiger partial charge on any atom is -0.465 e. The summed E-state index contributed by atoms with van der Waals surface area (Å²) in [5.41, 5.74) is 2.43. The first-order valence-electron chi connectivity index (χ1n) is 10.4. The average molecular weight is 455 g/mol. The van der Waals surface area contributed by atoms with Crippen molar-refractivity contribution in [2.75, 3.05) is 43.5 Å². The van der Waals surface area contributed by atoms with E-state index in [2.05, 4.69) is 15.5 Å². The van der Waals surface area contributed by atoms with Crippen molar-refractivity contribution >= 4 is 46.5 Å². The van der Waals surface area contributed by atoms with Crippen LogP contribution in [0.2, 0.25) is 0 Å². The molecule has 0 spiro atoms. The Morgan fingerprint density at radius 2 is 1.69 bits per heavy atom. The molecule has 168 valence electrons. The van der Waals surface area contributed by atoms with Crippen molar-refractivity contribution in [3.8, 4) is 0 Å². The lowest BCUT2D eigenvalue weighted by Gasteiger charge is -2.37. The Kier molecular flexibility index (Phi) is 7.77.